The molecule has 0 bridgehead atoms. The van der Waals surface area contributed by atoms with Gasteiger partial charge >= 0.3 is 0 Å². The summed E-state index contributed by atoms with van der Waals surface area (Å²) in [5.74, 6) is 1.12. The molecule has 5 heteroatoms. The van der Waals surface area contributed by atoms with Crippen molar-refractivity contribution in [2.24, 2.45) is 11.8 Å². The van der Waals surface area contributed by atoms with Gasteiger partial charge in [-0.25, -0.2) is 0 Å². The van der Waals surface area contributed by atoms with Gasteiger partial charge in [-0.3, -0.25) is 14.5 Å². The van der Waals surface area contributed by atoms with Gasteiger partial charge in [-0.2, -0.15) is 0 Å². The fourth-order valence-corrected chi connectivity index (χ4v) is 4.47. The molecule has 1 atom stereocenters. The summed E-state index contributed by atoms with van der Waals surface area (Å²) in [6.07, 6.45) is 8.06. The van der Waals surface area contributed by atoms with E-state index in [-0.39, 0.29) is 23.8 Å². The van der Waals surface area contributed by atoms with Crippen molar-refractivity contribution in [3.05, 3.63) is 0 Å². The molecule has 0 aromatic rings. The third-order valence-electron chi connectivity index (χ3n) is 6.18. The average molecular weight is 320 g/mol. The summed E-state index contributed by atoms with van der Waals surface area (Å²) in [5.41, 5.74) is -0.494. The predicted molar refractivity (Wildman–Crippen MR) is 85.5 cm³/mol. The maximum atomic E-state index is 13.0. The van der Waals surface area contributed by atoms with Crippen LogP contribution in [0.15, 0.2) is 0 Å². The zero-order valence-corrected chi connectivity index (χ0v) is 14.1. The molecule has 2 aliphatic heterocycles. The van der Waals surface area contributed by atoms with Crippen molar-refractivity contribution in [2.45, 2.75) is 70.1 Å². The Morgan fingerprint density at radius 1 is 1.00 bits per heavy atom. The second kappa shape index (κ2) is 5.76. The largest absolute Gasteiger partial charge is 0.353 e. The first-order valence-electron chi connectivity index (χ1n) is 9.37. The van der Waals surface area contributed by atoms with E-state index in [9.17, 15) is 9.59 Å². The fraction of sp³-hybridized carbons (Fsp3) is 0.889. The van der Waals surface area contributed by atoms with E-state index in [1.54, 1.807) is 0 Å². The van der Waals surface area contributed by atoms with E-state index in [1.807, 2.05) is 9.80 Å². The van der Waals surface area contributed by atoms with Gasteiger partial charge in [0.1, 0.15) is 11.8 Å². The summed E-state index contributed by atoms with van der Waals surface area (Å²) in [4.78, 5) is 29.8. The van der Waals surface area contributed by atoms with Crippen LogP contribution in [0.25, 0.3) is 0 Å². The molecular weight excluding hydrogens is 292 g/mol. The summed E-state index contributed by atoms with van der Waals surface area (Å²) in [6, 6.07) is -0.380. The second-order valence-electron chi connectivity index (χ2n) is 7.97. The molecule has 0 aromatic heterocycles. The highest BCUT2D eigenvalue weighted by Crippen LogP contribution is 2.45. The van der Waals surface area contributed by atoms with Crippen molar-refractivity contribution in [3.8, 4) is 0 Å². The molecule has 2 heterocycles. The van der Waals surface area contributed by atoms with Gasteiger partial charge in [0, 0.05) is 19.0 Å². The molecule has 2 aliphatic carbocycles. The molecule has 2 saturated heterocycles. The number of carbonyl (C=O) groups excluding carboxylic acids is 2. The molecule has 0 N–H and O–H groups in total. The zero-order valence-electron chi connectivity index (χ0n) is 14.1. The molecule has 0 radical (unpaired) electrons. The molecular formula is C18H28N2O3. The van der Waals surface area contributed by atoms with Crippen molar-refractivity contribution >= 4 is 11.8 Å². The Bertz CT molecular complexity index is 488. The van der Waals surface area contributed by atoms with Gasteiger partial charge in [0.2, 0.25) is 11.8 Å². The minimum Gasteiger partial charge on any atom is -0.353 e. The van der Waals surface area contributed by atoms with E-state index in [1.165, 1.54) is 0 Å². The van der Waals surface area contributed by atoms with Gasteiger partial charge in [0.15, 0.2) is 0 Å². The van der Waals surface area contributed by atoms with Crippen LogP contribution < -0.4 is 0 Å². The maximum absolute atomic E-state index is 13.0. The van der Waals surface area contributed by atoms with E-state index < -0.39 is 5.72 Å². The van der Waals surface area contributed by atoms with Crippen LogP contribution in [0.4, 0.5) is 0 Å². The average Bonchev–Trinajstić information content (AvgIpc) is 3.14. The van der Waals surface area contributed by atoms with Gasteiger partial charge in [0.05, 0.1) is 6.61 Å². The first kappa shape index (κ1) is 15.4. The number of amides is 2. The highest BCUT2D eigenvalue weighted by molar-refractivity contribution is 5.90. The van der Waals surface area contributed by atoms with Gasteiger partial charge in [-0.1, -0.05) is 6.92 Å². The molecule has 128 valence electrons. The molecule has 5 nitrogen and oxygen atoms in total. The molecule has 4 rings (SSSR count). The van der Waals surface area contributed by atoms with E-state index >= 15 is 0 Å². The fourth-order valence-electron chi connectivity index (χ4n) is 4.47. The minimum absolute atomic E-state index is 0.118. The lowest BCUT2D eigenvalue weighted by Gasteiger charge is -2.43. The van der Waals surface area contributed by atoms with Crippen molar-refractivity contribution in [1.29, 1.82) is 0 Å². The highest BCUT2D eigenvalue weighted by Gasteiger charge is 2.56. The number of hydrogen-bond donors (Lipinski definition) is 0. The Hall–Kier alpha value is -1.10. The first-order valence-corrected chi connectivity index (χ1v) is 9.37. The normalized spacial score (nSPS) is 37.6. The van der Waals surface area contributed by atoms with Gasteiger partial charge in [-0.15, -0.1) is 0 Å². The second-order valence-corrected chi connectivity index (χ2v) is 7.97. The van der Waals surface area contributed by atoms with Crippen molar-refractivity contribution < 1.29 is 14.3 Å². The SMILES string of the molecule is CC1CCC2(CC1)OCC(C(=O)N1CCCC1)N2C(=O)C1CC1. The third-order valence-corrected chi connectivity index (χ3v) is 6.18. The van der Waals surface area contributed by atoms with E-state index in [2.05, 4.69) is 6.92 Å². The standard InChI is InChI=1S/C18H28N2O3/c1-13-6-8-18(9-7-13)20(16(21)14-4-5-14)15(12-23-18)17(22)19-10-2-3-11-19/h13-15H,2-12H2,1H3. The number of likely N-dealkylation sites (tertiary alicyclic amines) is 1. The van der Waals surface area contributed by atoms with Crippen molar-refractivity contribution in [3.63, 3.8) is 0 Å². The van der Waals surface area contributed by atoms with Gasteiger partial charge < -0.3 is 9.64 Å². The number of rotatable bonds is 2. The lowest BCUT2D eigenvalue weighted by atomic mass is 9.83. The monoisotopic (exact) mass is 320 g/mol. The van der Waals surface area contributed by atoms with Crippen molar-refractivity contribution in [1.82, 2.24) is 9.80 Å². The predicted octanol–water partition coefficient (Wildman–Crippen LogP) is 2.15. The minimum atomic E-state index is -0.494. The van der Waals surface area contributed by atoms with Crippen LogP contribution in [0.5, 0.6) is 0 Å². The van der Waals surface area contributed by atoms with Crippen molar-refractivity contribution in [2.75, 3.05) is 19.7 Å². The van der Waals surface area contributed by atoms with Crippen LogP contribution in [0.1, 0.15) is 58.3 Å². The Kier molecular flexibility index (Phi) is 3.87. The van der Waals surface area contributed by atoms with E-state index in [0.29, 0.717) is 12.5 Å². The molecule has 4 fully saturated rings. The summed E-state index contributed by atoms with van der Waals surface area (Å²) < 4.78 is 6.19. The maximum Gasteiger partial charge on any atom is 0.247 e. The van der Waals surface area contributed by atoms with Crippen LogP contribution in [0, 0.1) is 11.8 Å². The molecule has 2 saturated carbocycles. The summed E-state index contributed by atoms with van der Waals surface area (Å²) in [5, 5.41) is 0. The molecule has 2 amide bonds. The highest BCUT2D eigenvalue weighted by atomic mass is 16.5. The van der Waals surface area contributed by atoms with Crippen LogP contribution in [0.3, 0.4) is 0 Å². The lowest BCUT2D eigenvalue weighted by molar-refractivity contribution is -0.164. The Labute approximate surface area is 138 Å². The number of nitrogens with zero attached hydrogens (tertiary/aromatic N) is 2. The molecule has 1 unspecified atom stereocenters. The lowest BCUT2D eigenvalue weighted by Crippen LogP contribution is -2.57. The van der Waals surface area contributed by atoms with Gasteiger partial charge in [-0.05, 0) is 57.3 Å². The number of hydrogen-bond acceptors (Lipinski definition) is 3. The number of ether oxygens (including phenoxy) is 1. The summed E-state index contributed by atoms with van der Waals surface area (Å²) in [6.45, 7) is 4.33. The molecule has 23 heavy (non-hydrogen) atoms. The third kappa shape index (κ3) is 2.67. The zero-order chi connectivity index (χ0) is 16.0. The Balaban J connectivity index is 1.58. The smallest absolute Gasteiger partial charge is 0.247 e. The van der Waals surface area contributed by atoms with Crippen LogP contribution >= 0.6 is 0 Å². The van der Waals surface area contributed by atoms with Gasteiger partial charge in [0.25, 0.3) is 0 Å². The van der Waals surface area contributed by atoms with E-state index in [0.717, 1.165) is 64.5 Å². The van der Waals surface area contributed by atoms with Crippen LogP contribution in [-0.2, 0) is 14.3 Å². The quantitative estimate of drug-likeness (QED) is 0.783. The van der Waals surface area contributed by atoms with E-state index in [4.69, 9.17) is 4.74 Å². The Morgan fingerprint density at radius 2 is 1.65 bits per heavy atom. The molecule has 0 aromatic carbocycles. The topological polar surface area (TPSA) is 49.9 Å². The Morgan fingerprint density at radius 3 is 2.26 bits per heavy atom. The summed E-state index contributed by atoms with van der Waals surface area (Å²) in [7, 11) is 0. The molecule has 1 spiro atoms. The van der Waals surface area contributed by atoms with Crippen LogP contribution in [0.2, 0.25) is 0 Å². The number of carbonyl (C=O) groups is 2. The molecule has 4 aliphatic rings. The van der Waals surface area contributed by atoms with Crippen LogP contribution in [-0.4, -0.2) is 53.1 Å². The summed E-state index contributed by atoms with van der Waals surface area (Å²) >= 11 is 0. The first-order chi connectivity index (χ1) is 11.1.